The highest BCUT2D eigenvalue weighted by molar-refractivity contribution is 14.1. The summed E-state index contributed by atoms with van der Waals surface area (Å²) in [6.07, 6.45) is 3.92. The summed E-state index contributed by atoms with van der Waals surface area (Å²) in [5, 5.41) is 13.9. The van der Waals surface area contributed by atoms with Gasteiger partial charge >= 0.3 is 0 Å². The Bertz CT molecular complexity index is 405. The van der Waals surface area contributed by atoms with Gasteiger partial charge in [-0.25, -0.2) is 0 Å². The third-order valence-corrected chi connectivity index (χ3v) is 3.62. The van der Waals surface area contributed by atoms with Crippen molar-refractivity contribution >= 4 is 34.0 Å². The van der Waals surface area contributed by atoms with Crippen molar-refractivity contribution in [3.05, 3.63) is 31.9 Å². The number of benzene rings is 1. The Balaban J connectivity index is 1.95. The van der Waals surface area contributed by atoms with E-state index >= 15 is 0 Å². The Morgan fingerprint density at radius 2 is 2.25 bits per heavy atom. The molecule has 1 aliphatic rings. The summed E-state index contributed by atoms with van der Waals surface area (Å²) in [5.74, 6) is 0.906. The first-order chi connectivity index (χ1) is 7.66. The predicted molar refractivity (Wildman–Crippen MR) is 71.6 cm³/mol. The van der Waals surface area contributed by atoms with Gasteiger partial charge in [0.05, 0.1) is 4.92 Å². The molecule has 0 radical (unpaired) electrons. The molecule has 2 rings (SSSR count). The Hall–Kier alpha value is -0.850. The van der Waals surface area contributed by atoms with Crippen LogP contribution in [0.3, 0.4) is 0 Å². The lowest BCUT2D eigenvalue weighted by Gasteiger charge is -2.07. The van der Waals surface area contributed by atoms with Crippen molar-refractivity contribution in [3.63, 3.8) is 0 Å². The molecule has 0 aromatic heterocycles. The summed E-state index contributed by atoms with van der Waals surface area (Å²) in [5.41, 5.74) is 1.14. The molecule has 0 bridgehead atoms. The summed E-state index contributed by atoms with van der Waals surface area (Å²) in [6.45, 7) is 0.957. The van der Waals surface area contributed by atoms with Crippen molar-refractivity contribution in [2.45, 2.75) is 19.3 Å². The quantitative estimate of drug-likeness (QED) is 0.511. The summed E-state index contributed by atoms with van der Waals surface area (Å²) >= 11 is 2.13. The molecule has 1 aliphatic carbocycles. The molecule has 1 aromatic rings. The minimum atomic E-state index is -0.365. The van der Waals surface area contributed by atoms with Crippen molar-refractivity contribution in [2.24, 2.45) is 5.92 Å². The van der Waals surface area contributed by atoms with E-state index in [4.69, 9.17) is 0 Å². The van der Waals surface area contributed by atoms with E-state index < -0.39 is 0 Å². The maximum atomic E-state index is 10.6. The second-order valence-electron chi connectivity index (χ2n) is 4.08. The van der Waals surface area contributed by atoms with Gasteiger partial charge in [-0.15, -0.1) is 0 Å². The van der Waals surface area contributed by atoms with Crippen LogP contribution in [0.4, 0.5) is 11.4 Å². The molecule has 16 heavy (non-hydrogen) atoms. The van der Waals surface area contributed by atoms with Gasteiger partial charge in [0.25, 0.3) is 5.69 Å². The van der Waals surface area contributed by atoms with Crippen LogP contribution in [0.1, 0.15) is 19.3 Å². The van der Waals surface area contributed by atoms with Gasteiger partial charge in [-0.1, -0.05) is 12.8 Å². The second-order valence-corrected chi connectivity index (χ2v) is 5.24. The summed E-state index contributed by atoms with van der Waals surface area (Å²) in [6, 6.07) is 4.93. The van der Waals surface area contributed by atoms with Gasteiger partial charge in [0, 0.05) is 27.9 Å². The number of nitro groups is 1. The second kappa shape index (κ2) is 4.99. The van der Waals surface area contributed by atoms with Gasteiger partial charge in [-0.2, -0.15) is 0 Å². The topological polar surface area (TPSA) is 55.2 Å². The highest BCUT2D eigenvalue weighted by Crippen LogP contribution is 2.32. The van der Waals surface area contributed by atoms with Gasteiger partial charge in [0.1, 0.15) is 0 Å². The summed E-state index contributed by atoms with van der Waals surface area (Å²) < 4.78 is 0.905. The van der Waals surface area contributed by atoms with Crippen LogP contribution in [0.25, 0.3) is 0 Å². The molecule has 1 saturated carbocycles. The average molecular weight is 332 g/mol. The molecule has 0 amide bonds. The van der Waals surface area contributed by atoms with Gasteiger partial charge < -0.3 is 5.32 Å². The normalized spacial score (nSPS) is 14.8. The fraction of sp³-hybridized carbons (Fsp3) is 0.455. The highest BCUT2D eigenvalue weighted by Gasteiger charge is 2.20. The first-order valence-corrected chi connectivity index (χ1v) is 6.42. The Labute approximate surface area is 108 Å². The maximum absolute atomic E-state index is 10.6. The van der Waals surface area contributed by atoms with Crippen LogP contribution in [0.5, 0.6) is 0 Å². The standard InChI is InChI=1S/C11H13IN2O2/c12-10-7-9(14(15)16)3-4-11(10)13-6-5-8-1-2-8/h3-4,7-8,13H,1-2,5-6H2. The monoisotopic (exact) mass is 332 g/mol. The lowest BCUT2D eigenvalue weighted by atomic mass is 10.2. The number of nitro benzene ring substituents is 1. The molecule has 5 heteroatoms. The number of nitrogens with zero attached hydrogens (tertiary/aromatic N) is 1. The van der Waals surface area contributed by atoms with Crippen molar-refractivity contribution in [1.82, 2.24) is 0 Å². The van der Waals surface area contributed by atoms with E-state index in [0.717, 1.165) is 21.7 Å². The molecule has 1 fully saturated rings. The zero-order valence-electron chi connectivity index (χ0n) is 8.78. The SMILES string of the molecule is O=[N+]([O-])c1ccc(NCCC2CC2)c(I)c1. The number of hydrogen-bond acceptors (Lipinski definition) is 3. The largest absolute Gasteiger partial charge is 0.384 e. The van der Waals surface area contributed by atoms with Crippen LogP contribution in [0.15, 0.2) is 18.2 Å². The minimum Gasteiger partial charge on any atom is -0.384 e. The number of nitrogens with one attached hydrogen (secondary N) is 1. The fourth-order valence-electron chi connectivity index (χ4n) is 1.58. The zero-order valence-corrected chi connectivity index (χ0v) is 10.9. The third-order valence-electron chi connectivity index (χ3n) is 2.73. The van der Waals surface area contributed by atoms with Gasteiger partial charge in [0.15, 0.2) is 0 Å². The van der Waals surface area contributed by atoms with Crippen LogP contribution in [0.2, 0.25) is 0 Å². The highest BCUT2D eigenvalue weighted by atomic mass is 127. The molecule has 0 unspecified atom stereocenters. The molecule has 0 spiro atoms. The molecule has 0 aliphatic heterocycles. The van der Waals surface area contributed by atoms with E-state index in [2.05, 4.69) is 27.9 Å². The molecule has 86 valence electrons. The number of anilines is 1. The van der Waals surface area contributed by atoms with E-state index in [1.54, 1.807) is 18.2 Å². The zero-order chi connectivity index (χ0) is 11.5. The van der Waals surface area contributed by atoms with E-state index in [1.165, 1.54) is 19.3 Å². The van der Waals surface area contributed by atoms with E-state index in [9.17, 15) is 10.1 Å². The van der Waals surface area contributed by atoms with Gasteiger partial charge in [-0.3, -0.25) is 10.1 Å². The Morgan fingerprint density at radius 3 is 2.81 bits per heavy atom. The number of halogens is 1. The smallest absolute Gasteiger partial charge is 0.270 e. The summed E-state index contributed by atoms with van der Waals surface area (Å²) in [7, 11) is 0. The molecule has 1 aromatic carbocycles. The van der Waals surface area contributed by atoms with Crippen LogP contribution < -0.4 is 5.32 Å². The van der Waals surface area contributed by atoms with E-state index in [1.807, 2.05) is 0 Å². The lowest BCUT2D eigenvalue weighted by Crippen LogP contribution is -2.04. The Morgan fingerprint density at radius 1 is 1.50 bits per heavy atom. The first-order valence-electron chi connectivity index (χ1n) is 5.34. The number of non-ortho nitro benzene ring substituents is 1. The van der Waals surface area contributed by atoms with Crippen molar-refractivity contribution in [2.75, 3.05) is 11.9 Å². The van der Waals surface area contributed by atoms with Crippen molar-refractivity contribution in [3.8, 4) is 0 Å². The minimum absolute atomic E-state index is 0.150. The number of rotatable bonds is 5. The average Bonchev–Trinajstić information content (AvgIpc) is 3.04. The van der Waals surface area contributed by atoms with Crippen LogP contribution >= 0.6 is 22.6 Å². The first kappa shape index (κ1) is 11.6. The number of hydrogen-bond donors (Lipinski definition) is 1. The molecule has 0 atom stereocenters. The molecule has 0 saturated heterocycles. The van der Waals surface area contributed by atoms with Crippen LogP contribution in [-0.2, 0) is 0 Å². The molecule has 1 N–H and O–H groups in total. The molecular formula is C11H13IN2O2. The van der Waals surface area contributed by atoms with E-state index in [0.29, 0.717) is 0 Å². The molecular weight excluding hydrogens is 319 g/mol. The van der Waals surface area contributed by atoms with Gasteiger partial charge in [0.2, 0.25) is 0 Å². The fourth-order valence-corrected chi connectivity index (χ4v) is 2.27. The maximum Gasteiger partial charge on any atom is 0.270 e. The Kier molecular flexibility index (Phi) is 3.63. The third kappa shape index (κ3) is 3.07. The molecule has 4 nitrogen and oxygen atoms in total. The van der Waals surface area contributed by atoms with Crippen molar-refractivity contribution in [1.29, 1.82) is 0 Å². The van der Waals surface area contributed by atoms with Crippen LogP contribution in [-0.4, -0.2) is 11.5 Å². The van der Waals surface area contributed by atoms with Crippen molar-refractivity contribution < 1.29 is 4.92 Å². The predicted octanol–water partition coefficient (Wildman–Crippen LogP) is 3.41. The summed E-state index contributed by atoms with van der Waals surface area (Å²) in [4.78, 5) is 10.2. The lowest BCUT2D eigenvalue weighted by molar-refractivity contribution is -0.384. The van der Waals surface area contributed by atoms with Gasteiger partial charge in [-0.05, 0) is 41.0 Å². The molecule has 0 heterocycles. The van der Waals surface area contributed by atoms with E-state index in [-0.39, 0.29) is 10.6 Å². The van der Waals surface area contributed by atoms with Crippen LogP contribution in [0, 0.1) is 19.6 Å².